The second-order valence-corrected chi connectivity index (χ2v) is 24.2. The lowest BCUT2D eigenvalue weighted by atomic mass is 10.00. The molecule has 0 saturated heterocycles. The van der Waals surface area contributed by atoms with E-state index in [1.54, 1.807) is 0 Å². The van der Waals surface area contributed by atoms with Crippen molar-refractivity contribution < 1.29 is 67.2 Å². The largest absolute Gasteiger partial charge is 0.309 e. The minimum atomic E-state index is -6.44. The smallest absolute Gasteiger partial charge is 0.235 e. The first-order valence-corrected chi connectivity index (χ1v) is 28.9. The fraction of sp³-hybridized carbons (Fsp3) is 0.0127. The molecule has 0 radical (unpaired) electrons. The monoisotopic (exact) mass is 1200 g/mol. The van der Waals surface area contributed by atoms with Gasteiger partial charge in [-0.3, -0.25) is 4.57 Å². The van der Waals surface area contributed by atoms with Crippen LogP contribution >= 0.6 is 22.7 Å². The van der Waals surface area contributed by atoms with Gasteiger partial charge in [0.25, 0.3) is 0 Å². The average Bonchev–Trinajstić information content (AvgIpc) is 1.65. The van der Waals surface area contributed by atoms with Crippen LogP contribution in [0.2, 0.25) is 0 Å². The molecule has 404 valence electrons. The van der Waals surface area contributed by atoms with Crippen LogP contribution in [0.3, 0.4) is 0 Å². The van der Waals surface area contributed by atoms with E-state index >= 15 is 0 Å². The normalized spacial score (nSPS) is 20.0. The maximum absolute atomic E-state index is 10.4. The molecule has 0 aliphatic heterocycles. The summed E-state index contributed by atoms with van der Waals surface area (Å²) >= 11 is 1.20. The summed E-state index contributed by atoms with van der Waals surface area (Å²) in [5.74, 6) is -0.635. The van der Waals surface area contributed by atoms with Crippen LogP contribution in [0.25, 0.3) is 129 Å². The van der Waals surface area contributed by atoms with Crippen LogP contribution in [-0.2, 0) is 0 Å². The molecule has 5 aromatic heterocycles. The third-order valence-corrected chi connectivity index (χ3v) is 20.7. The van der Waals surface area contributed by atoms with Crippen LogP contribution in [-0.4, -0.2) is 27.2 Å². The zero-order valence-corrected chi connectivity index (χ0v) is 45.7. The van der Waals surface area contributed by atoms with E-state index in [4.69, 9.17) is 43.9 Å². The number of rotatable bonds is 7. The van der Waals surface area contributed by atoms with Crippen LogP contribution in [0.5, 0.6) is 0 Å². The third-order valence-electron chi connectivity index (χ3n) is 14.2. The highest BCUT2D eigenvalue weighted by Crippen LogP contribution is 2.48. The molecule has 4 nitrogen and oxygen atoms in total. The maximum atomic E-state index is 10.4. The summed E-state index contributed by atoms with van der Waals surface area (Å²) < 4.78 is 443. The standard InChI is InChI=1S/C42H29NSSi.C37H23N3S/c1-3-16-31(17-4-1)45(32-18-5-2-6-19-32,41-28-14-24-37-36-23-9-12-27-40(36)44-42(37)41)33-20-13-15-30(29-33)43-38-25-10-7-21-34(38)35-22-8-11-26-39(35)43;1-22-18-20-23(21-19-22)34-26-12-4-7-15-29(26)38-37(39-34)40-30-16-8-5-13-27(30)32-33-28-14-6-9-17-31(28)41-36(33)25-11-3-2-10-24(25)35(32)40/h1-29H;2-21H,1H3/i1D,2D,3D,4D,5D,6D,7D,8D,9D,10D,11D,12D,13D,14D,15D,16D,17D,18D,19D,20D,21D,22D,23D,24D,25D,26D,27D,28D,29D;2D,3D,4D,5D,6D,7D,8D,9D,10D,11D,12D,13D,14D,15D,16D,17D,18D,19D,20D,21D. The predicted molar refractivity (Wildman–Crippen MR) is 372 cm³/mol. The lowest BCUT2D eigenvalue weighted by Gasteiger charge is -2.35. The summed E-state index contributed by atoms with van der Waals surface area (Å²) in [5, 5.41) is -7.91. The molecule has 5 heterocycles. The zero-order chi connectivity index (χ0) is 99.5. The molecule has 0 spiro atoms. The van der Waals surface area contributed by atoms with Gasteiger partial charge in [0.2, 0.25) is 5.95 Å². The highest BCUT2D eigenvalue weighted by molar-refractivity contribution is 7.30. The van der Waals surface area contributed by atoms with Crippen molar-refractivity contribution in [3.8, 4) is 22.9 Å². The maximum Gasteiger partial charge on any atom is 0.235 e. The Kier molecular flexibility index (Phi) is 5.02. The van der Waals surface area contributed by atoms with E-state index in [0.717, 1.165) is 15.9 Å². The number of para-hydroxylation sites is 4. The molecule has 0 fully saturated rings. The molecular weight excluding hydrogens is 1100 g/mol. The number of hydrogen-bond acceptors (Lipinski definition) is 4. The van der Waals surface area contributed by atoms with Crippen molar-refractivity contribution in [2.75, 3.05) is 0 Å². The highest BCUT2D eigenvalue weighted by atomic mass is 32.1. The molecule has 0 saturated carbocycles. The first-order chi connectivity index (χ1) is 63.0. The first kappa shape index (κ1) is 21.3. The molecule has 0 aliphatic rings. The summed E-state index contributed by atoms with van der Waals surface area (Å²) in [7, 11) is -6.44. The Morgan fingerprint density at radius 1 is 0.360 bits per heavy atom. The van der Waals surface area contributed by atoms with E-state index in [-0.39, 0.29) is 57.5 Å². The summed E-state index contributed by atoms with van der Waals surface area (Å²) in [6.07, 6.45) is 0. The molecule has 0 bridgehead atoms. The van der Waals surface area contributed by atoms with E-state index in [2.05, 4.69) is 9.97 Å². The highest BCUT2D eigenvalue weighted by Gasteiger charge is 2.43. The number of benzene rings is 13. The van der Waals surface area contributed by atoms with E-state index in [1.807, 2.05) is 0 Å². The minimum absolute atomic E-state index is 0.0214. The van der Waals surface area contributed by atoms with E-state index in [9.17, 15) is 23.3 Å². The third kappa shape index (κ3) is 7.72. The Balaban J connectivity index is 0.000000191. The Hall–Kier alpha value is -10.3. The Labute approximate surface area is 574 Å². The van der Waals surface area contributed by atoms with Gasteiger partial charge in [-0.15, -0.1) is 22.7 Å². The fourth-order valence-electron chi connectivity index (χ4n) is 10.7. The SMILES string of the molecule is [2H]c1c([2H])c(-c2nc(-n3c4c([2H])c([2H])c([2H])c([2H])c4c4c5c(sc6c([2H])c([2H])c([2H])c([2H])c65)c5c([2H])c([2H])c([2H])c([2H])c5c43)nc3c([2H])c([2H])c([2H])c([2H])c23)c([2H])c([2H])c1C.[2H]c1c([2H])c([2H])c([Si](c2c([2H])c([2H])c([2H])c([2H])c2[2H])(c2c([2H])c([2H])c([2H])c(-n3c4c([2H])c([2H])c([2H])c([2H])c4c4c([2H])c([2H])c([2H])c([2H])c43)c2[2H])c2c([2H])c([2H])c([2H])c3c2sc2c([2H])c([2H])c([2H])c([2H])c23)c([2H])c1[2H]. The van der Waals surface area contributed by atoms with Gasteiger partial charge in [-0.25, -0.2) is 9.97 Å². The molecule has 0 amide bonds. The molecule has 0 N–H and O–H groups in total. The molecule has 0 atom stereocenters. The fourth-order valence-corrected chi connectivity index (χ4v) is 17.2. The topological polar surface area (TPSA) is 35.6 Å². The lowest BCUT2D eigenvalue weighted by molar-refractivity contribution is 1.02. The summed E-state index contributed by atoms with van der Waals surface area (Å²) in [6, 6.07) is -43.8. The molecule has 86 heavy (non-hydrogen) atoms. The average molecular weight is 1200 g/mol. The Morgan fingerprint density at radius 3 is 1.53 bits per heavy atom. The van der Waals surface area contributed by atoms with Crippen molar-refractivity contribution in [3.63, 3.8) is 0 Å². The first-order valence-electron chi connectivity index (χ1n) is 49.8. The number of thiophene rings is 2. The molecule has 0 unspecified atom stereocenters. The summed E-state index contributed by atoms with van der Waals surface area (Å²) in [5.41, 5.74) is -4.80. The van der Waals surface area contributed by atoms with Crippen LogP contribution in [0.4, 0.5) is 0 Å². The molecule has 18 rings (SSSR count). The van der Waals surface area contributed by atoms with Crippen molar-refractivity contribution in [1.29, 1.82) is 0 Å². The minimum Gasteiger partial charge on any atom is -0.309 e. The van der Waals surface area contributed by atoms with Gasteiger partial charge in [0.15, 0.2) is 8.07 Å². The quantitative estimate of drug-likeness (QED) is 0.118. The van der Waals surface area contributed by atoms with Gasteiger partial charge in [0.1, 0.15) is 0 Å². The number of fused-ring (bicyclic) bond motifs is 17. The molecule has 18 aromatic rings. The van der Waals surface area contributed by atoms with Crippen LogP contribution in [0.15, 0.2) is 296 Å². The molecule has 7 heteroatoms. The van der Waals surface area contributed by atoms with Crippen LogP contribution in [0.1, 0.15) is 72.7 Å². The van der Waals surface area contributed by atoms with Gasteiger partial charge in [-0.1, -0.05) is 253 Å². The van der Waals surface area contributed by atoms with Crippen molar-refractivity contribution in [3.05, 3.63) is 302 Å². The van der Waals surface area contributed by atoms with Gasteiger partial charge >= 0.3 is 0 Å². The molecule has 13 aromatic carbocycles. The van der Waals surface area contributed by atoms with Gasteiger partial charge in [-0.05, 0) is 76.0 Å². The van der Waals surface area contributed by atoms with E-state index in [0.29, 0.717) is 15.9 Å². The van der Waals surface area contributed by atoms with Gasteiger partial charge < -0.3 is 4.57 Å². The second-order valence-electron chi connectivity index (χ2n) is 18.7. The van der Waals surface area contributed by atoms with Gasteiger partial charge in [0, 0.05) is 89.3 Å². The zero-order valence-electron chi connectivity index (χ0n) is 92.1. The number of nitrogens with zero attached hydrogens (tertiary/aromatic N) is 4. The second kappa shape index (κ2) is 20.2. The summed E-state index contributed by atoms with van der Waals surface area (Å²) in [4.78, 5) is 9.22. The predicted octanol–water partition coefficient (Wildman–Crippen LogP) is 18.8. The van der Waals surface area contributed by atoms with Crippen molar-refractivity contribution >= 4 is 157 Å². The van der Waals surface area contributed by atoms with Gasteiger partial charge in [-0.2, -0.15) is 0 Å². The number of hydrogen-bond donors (Lipinski definition) is 0. The Morgan fingerprint density at radius 2 is 0.849 bits per heavy atom. The van der Waals surface area contributed by atoms with Crippen molar-refractivity contribution in [2.24, 2.45) is 0 Å². The molecule has 0 aliphatic carbocycles. The van der Waals surface area contributed by atoms with Crippen molar-refractivity contribution in [1.82, 2.24) is 19.1 Å². The van der Waals surface area contributed by atoms with E-state index < -0.39 is 401 Å². The molecular formula is C79H52N4S2Si. The number of aromatic nitrogens is 4. The van der Waals surface area contributed by atoms with E-state index in [1.165, 1.54) is 6.92 Å². The lowest BCUT2D eigenvalue weighted by Crippen LogP contribution is -2.74. The van der Waals surface area contributed by atoms with Crippen molar-refractivity contribution in [2.45, 2.75) is 6.92 Å². The van der Waals surface area contributed by atoms with Crippen LogP contribution < -0.4 is 20.7 Å². The Bertz CT molecular complexity index is 8520. The van der Waals surface area contributed by atoms with Gasteiger partial charge in [0.05, 0.1) is 100 Å². The van der Waals surface area contributed by atoms with Crippen LogP contribution in [0, 0.1) is 6.92 Å². The summed E-state index contributed by atoms with van der Waals surface area (Å²) in [6.45, 7) is 1.35.